The second-order valence-electron chi connectivity index (χ2n) is 4.03. The molecule has 4 heteroatoms. The molecule has 1 N–H and O–H groups in total. The topological polar surface area (TPSA) is 15.3 Å². The Hall–Kier alpha value is -0.0900. The van der Waals surface area contributed by atoms with Crippen molar-refractivity contribution in [2.45, 2.75) is 25.4 Å². The summed E-state index contributed by atoms with van der Waals surface area (Å²) in [4.78, 5) is 2.49. The zero-order valence-electron chi connectivity index (χ0n) is 9.11. The molecule has 0 spiro atoms. The lowest BCUT2D eigenvalue weighted by atomic mass is 10.1. The molecule has 2 rings (SSSR count). The van der Waals surface area contributed by atoms with E-state index in [9.17, 15) is 0 Å². The minimum atomic E-state index is 0. The Balaban J connectivity index is 0.00000112. The van der Waals surface area contributed by atoms with E-state index in [2.05, 4.69) is 34.1 Å². The third kappa shape index (κ3) is 3.76. The number of nitrogens with zero attached hydrogens (tertiary/aromatic N) is 1. The average molecular weight is 247 g/mol. The van der Waals surface area contributed by atoms with Crippen molar-refractivity contribution >= 4 is 23.7 Å². The van der Waals surface area contributed by atoms with Gasteiger partial charge in [0.1, 0.15) is 0 Å². The van der Waals surface area contributed by atoms with Gasteiger partial charge in [-0.15, -0.1) is 12.4 Å². The first-order valence-electron chi connectivity index (χ1n) is 5.28. The van der Waals surface area contributed by atoms with Crippen molar-refractivity contribution in [2.24, 2.45) is 0 Å². The van der Waals surface area contributed by atoms with Crippen LogP contribution in [-0.4, -0.2) is 31.1 Å². The molecule has 86 valence electrons. The van der Waals surface area contributed by atoms with E-state index in [4.69, 9.17) is 0 Å². The van der Waals surface area contributed by atoms with Gasteiger partial charge in [0.2, 0.25) is 0 Å². The molecule has 1 fully saturated rings. The van der Waals surface area contributed by atoms with E-state index in [1.807, 2.05) is 0 Å². The van der Waals surface area contributed by atoms with Crippen LogP contribution in [0, 0.1) is 0 Å². The van der Waals surface area contributed by atoms with Crippen LogP contribution in [0.25, 0.3) is 0 Å². The highest BCUT2D eigenvalue weighted by atomic mass is 35.5. The molecule has 2 nitrogen and oxygen atoms in total. The Labute approximate surface area is 102 Å². The number of halogens is 1. The monoisotopic (exact) mass is 246 g/mol. The SMILES string of the molecule is CN(Cc1ccsc1)C1CCNCC1.Cl. The van der Waals surface area contributed by atoms with Crippen LogP contribution < -0.4 is 5.32 Å². The fraction of sp³-hybridized carbons (Fsp3) is 0.636. The molecule has 1 aromatic rings. The summed E-state index contributed by atoms with van der Waals surface area (Å²) in [6.45, 7) is 3.46. The number of nitrogens with one attached hydrogen (secondary N) is 1. The van der Waals surface area contributed by atoms with Crippen LogP contribution in [0.5, 0.6) is 0 Å². The van der Waals surface area contributed by atoms with Crippen molar-refractivity contribution in [1.29, 1.82) is 0 Å². The lowest BCUT2D eigenvalue weighted by Gasteiger charge is -2.31. The van der Waals surface area contributed by atoms with Gasteiger partial charge in [-0.05, 0) is 55.4 Å². The van der Waals surface area contributed by atoms with Gasteiger partial charge in [-0.1, -0.05) is 0 Å². The van der Waals surface area contributed by atoms with Crippen molar-refractivity contribution < 1.29 is 0 Å². The highest BCUT2D eigenvalue weighted by molar-refractivity contribution is 7.07. The average Bonchev–Trinajstić information content (AvgIpc) is 2.72. The van der Waals surface area contributed by atoms with E-state index in [0.29, 0.717) is 0 Å². The van der Waals surface area contributed by atoms with E-state index < -0.39 is 0 Å². The van der Waals surface area contributed by atoms with E-state index in [0.717, 1.165) is 12.6 Å². The Morgan fingerprint density at radius 3 is 2.80 bits per heavy atom. The molecular formula is C11H19ClN2S. The van der Waals surface area contributed by atoms with E-state index in [-0.39, 0.29) is 12.4 Å². The summed E-state index contributed by atoms with van der Waals surface area (Å²) in [5.74, 6) is 0. The normalized spacial score (nSPS) is 17.7. The van der Waals surface area contributed by atoms with Crippen LogP contribution in [0.3, 0.4) is 0 Å². The summed E-state index contributed by atoms with van der Waals surface area (Å²) in [5.41, 5.74) is 1.45. The molecule has 0 aromatic carbocycles. The summed E-state index contributed by atoms with van der Waals surface area (Å²) in [7, 11) is 2.24. The molecule has 0 saturated carbocycles. The summed E-state index contributed by atoms with van der Waals surface area (Å²) in [6, 6.07) is 3.00. The quantitative estimate of drug-likeness (QED) is 0.881. The number of hydrogen-bond acceptors (Lipinski definition) is 3. The first-order chi connectivity index (χ1) is 6.86. The van der Waals surface area contributed by atoms with Crippen molar-refractivity contribution in [1.82, 2.24) is 10.2 Å². The zero-order valence-corrected chi connectivity index (χ0v) is 10.7. The van der Waals surface area contributed by atoms with E-state index in [1.54, 1.807) is 11.3 Å². The van der Waals surface area contributed by atoms with Crippen molar-refractivity contribution in [2.75, 3.05) is 20.1 Å². The molecule has 0 atom stereocenters. The van der Waals surface area contributed by atoms with Crippen molar-refractivity contribution in [3.8, 4) is 0 Å². The van der Waals surface area contributed by atoms with Crippen molar-refractivity contribution in [3.05, 3.63) is 22.4 Å². The number of hydrogen-bond donors (Lipinski definition) is 1. The Bertz CT molecular complexity index is 258. The highest BCUT2D eigenvalue weighted by Gasteiger charge is 2.17. The van der Waals surface area contributed by atoms with Crippen LogP contribution in [0.4, 0.5) is 0 Å². The first-order valence-corrected chi connectivity index (χ1v) is 6.22. The van der Waals surface area contributed by atoms with Crippen molar-refractivity contribution in [3.63, 3.8) is 0 Å². The second-order valence-corrected chi connectivity index (χ2v) is 4.81. The maximum atomic E-state index is 3.40. The van der Waals surface area contributed by atoms with Gasteiger partial charge in [0.05, 0.1) is 0 Å². The first kappa shape index (κ1) is 13.0. The van der Waals surface area contributed by atoms with Crippen LogP contribution in [0.1, 0.15) is 18.4 Å². The minimum absolute atomic E-state index is 0. The molecule has 1 aliphatic rings. The standard InChI is InChI=1S/C11H18N2S.ClH/c1-13(8-10-4-7-14-9-10)11-2-5-12-6-3-11;/h4,7,9,11-12H,2-3,5-6,8H2,1H3;1H. The number of piperidine rings is 1. The van der Waals surface area contributed by atoms with Gasteiger partial charge in [0, 0.05) is 12.6 Å². The van der Waals surface area contributed by atoms with Gasteiger partial charge >= 0.3 is 0 Å². The lowest BCUT2D eigenvalue weighted by molar-refractivity contribution is 0.192. The maximum Gasteiger partial charge on any atom is 0.0241 e. The van der Waals surface area contributed by atoms with Crippen LogP contribution >= 0.6 is 23.7 Å². The van der Waals surface area contributed by atoms with Gasteiger partial charge in [0.25, 0.3) is 0 Å². The molecular weight excluding hydrogens is 228 g/mol. The van der Waals surface area contributed by atoms with Gasteiger partial charge in [0.15, 0.2) is 0 Å². The zero-order chi connectivity index (χ0) is 9.80. The second kappa shape index (κ2) is 6.48. The Morgan fingerprint density at radius 2 is 2.20 bits per heavy atom. The summed E-state index contributed by atoms with van der Waals surface area (Å²) < 4.78 is 0. The largest absolute Gasteiger partial charge is 0.317 e. The Morgan fingerprint density at radius 1 is 1.47 bits per heavy atom. The smallest absolute Gasteiger partial charge is 0.0241 e. The van der Waals surface area contributed by atoms with Gasteiger partial charge in [-0.25, -0.2) is 0 Å². The van der Waals surface area contributed by atoms with Crippen LogP contribution in [0.2, 0.25) is 0 Å². The van der Waals surface area contributed by atoms with E-state index >= 15 is 0 Å². The summed E-state index contributed by atoms with van der Waals surface area (Å²) in [5, 5.41) is 7.81. The lowest BCUT2D eigenvalue weighted by Crippen LogP contribution is -2.40. The summed E-state index contributed by atoms with van der Waals surface area (Å²) >= 11 is 1.79. The molecule has 0 bridgehead atoms. The Kier molecular flexibility index (Phi) is 5.61. The third-order valence-electron chi connectivity index (χ3n) is 2.94. The third-order valence-corrected chi connectivity index (χ3v) is 3.68. The number of thiophene rings is 1. The molecule has 0 amide bonds. The minimum Gasteiger partial charge on any atom is -0.317 e. The van der Waals surface area contributed by atoms with Gasteiger partial charge in [-0.3, -0.25) is 4.90 Å². The fourth-order valence-electron chi connectivity index (χ4n) is 2.05. The molecule has 1 aliphatic heterocycles. The fourth-order valence-corrected chi connectivity index (χ4v) is 2.71. The van der Waals surface area contributed by atoms with E-state index in [1.165, 1.54) is 31.5 Å². The highest BCUT2D eigenvalue weighted by Crippen LogP contribution is 2.14. The molecule has 0 unspecified atom stereocenters. The van der Waals surface area contributed by atoms with Gasteiger partial charge < -0.3 is 5.32 Å². The molecule has 2 heterocycles. The molecule has 15 heavy (non-hydrogen) atoms. The molecule has 1 aromatic heterocycles. The predicted molar refractivity (Wildman–Crippen MR) is 68.9 cm³/mol. The summed E-state index contributed by atoms with van der Waals surface area (Å²) in [6.07, 6.45) is 2.58. The van der Waals surface area contributed by atoms with Crippen LogP contribution in [0.15, 0.2) is 16.8 Å². The number of rotatable bonds is 3. The predicted octanol–water partition coefficient (Wildman–Crippen LogP) is 2.35. The van der Waals surface area contributed by atoms with Gasteiger partial charge in [-0.2, -0.15) is 11.3 Å². The van der Waals surface area contributed by atoms with Crippen LogP contribution in [-0.2, 0) is 6.54 Å². The molecule has 1 saturated heterocycles. The maximum absolute atomic E-state index is 3.40. The molecule has 0 radical (unpaired) electrons. The molecule has 0 aliphatic carbocycles.